The number of hydrogen-bond donors (Lipinski definition) is 1. The van der Waals surface area contributed by atoms with E-state index in [1.165, 1.54) is 22.7 Å². The molecule has 24 heavy (non-hydrogen) atoms. The van der Waals surface area contributed by atoms with Gasteiger partial charge in [-0.05, 0) is 24.3 Å². The van der Waals surface area contributed by atoms with Crippen molar-refractivity contribution in [2.24, 2.45) is 5.73 Å². The molecule has 0 aromatic carbocycles. The Kier molecular flexibility index (Phi) is 4.20. The van der Waals surface area contributed by atoms with Gasteiger partial charge in [-0.3, -0.25) is 9.13 Å². The Bertz CT molecular complexity index is 818. The van der Waals surface area contributed by atoms with E-state index in [2.05, 4.69) is 32.5 Å². The minimum Gasteiger partial charge on any atom is -0.327 e. The average molecular weight is 357 g/mol. The van der Waals surface area contributed by atoms with Gasteiger partial charge in [0.25, 0.3) is 0 Å². The van der Waals surface area contributed by atoms with Crippen LogP contribution >= 0.6 is 22.7 Å². The van der Waals surface area contributed by atoms with Gasteiger partial charge in [0.15, 0.2) is 0 Å². The Morgan fingerprint density at radius 3 is 1.79 bits per heavy atom. The summed E-state index contributed by atoms with van der Waals surface area (Å²) >= 11 is 3.02. The number of aromatic nitrogens is 6. The number of nitrogens with two attached hydrogens (primary N) is 1. The van der Waals surface area contributed by atoms with Gasteiger partial charge in [-0.2, -0.15) is 0 Å². The molecular weight excluding hydrogens is 342 g/mol. The standard InChI is InChI=1S/C15H15N7S2/c16-11(7-12-3-1-5-21(12)14-19-17-9-23-14)8-13-4-2-6-22(13)15-20-18-10-24-15/h1-6,9-11H,7-8,16H2. The predicted octanol–water partition coefficient (Wildman–Crippen LogP) is 2.08. The maximum absolute atomic E-state index is 6.41. The fourth-order valence-corrected chi connectivity index (χ4v) is 3.84. The molecule has 122 valence electrons. The van der Waals surface area contributed by atoms with E-state index in [4.69, 9.17) is 5.73 Å². The molecule has 0 spiro atoms. The van der Waals surface area contributed by atoms with Crippen LogP contribution in [0.1, 0.15) is 11.4 Å². The normalized spacial score (nSPS) is 11.4. The molecule has 4 heterocycles. The van der Waals surface area contributed by atoms with Crippen molar-refractivity contribution in [2.75, 3.05) is 0 Å². The third-order valence-corrected chi connectivity index (χ3v) is 5.10. The molecule has 0 amide bonds. The van der Waals surface area contributed by atoms with Crippen molar-refractivity contribution in [3.05, 3.63) is 59.1 Å². The van der Waals surface area contributed by atoms with Crippen molar-refractivity contribution in [1.29, 1.82) is 0 Å². The van der Waals surface area contributed by atoms with Crippen molar-refractivity contribution in [3.63, 3.8) is 0 Å². The second kappa shape index (κ2) is 6.63. The minimum atomic E-state index is -0.00635. The topological polar surface area (TPSA) is 87.4 Å². The fraction of sp³-hybridized carbons (Fsp3) is 0.200. The van der Waals surface area contributed by atoms with Crippen molar-refractivity contribution in [3.8, 4) is 10.3 Å². The molecule has 0 bridgehead atoms. The van der Waals surface area contributed by atoms with Crippen LogP contribution in [0, 0.1) is 0 Å². The molecule has 0 radical (unpaired) electrons. The lowest BCUT2D eigenvalue weighted by Crippen LogP contribution is -2.27. The zero-order valence-corrected chi connectivity index (χ0v) is 14.3. The molecule has 0 saturated carbocycles. The molecule has 0 aliphatic carbocycles. The van der Waals surface area contributed by atoms with Gasteiger partial charge in [0.2, 0.25) is 10.3 Å². The van der Waals surface area contributed by atoms with E-state index >= 15 is 0 Å². The van der Waals surface area contributed by atoms with Crippen LogP contribution in [0.5, 0.6) is 0 Å². The third-order valence-electron chi connectivity index (χ3n) is 3.72. The van der Waals surface area contributed by atoms with Gasteiger partial charge in [0, 0.05) is 42.7 Å². The molecular formula is C15H15N7S2. The summed E-state index contributed by atoms with van der Waals surface area (Å²) in [6.45, 7) is 0. The summed E-state index contributed by atoms with van der Waals surface area (Å²) in [5.74, 6) is 0. The van der Waals surface area contributed by atoms with Crippen LogP contribution in [0.15, 0.2) is 47.7 Å². The maximum Gasteiger partial charge on any atom is 0.216 e. The number of nitrogens with zero attached hydrogens (tertiary/aromatic N) is 6. The summed E-state index contributed by atoms with van der Waals surface area (Å²) in [4.78, 5) is 0. The SMILES string of the molecule is NC(Cc1cccn1-c1nncs1)Cc1cccn1-c1nncs1. The van der Waals surface area contributed by atoms with Crippen molar-refractivity contribution in [2.45, 2.75) is 18.9 Å². The molecule has 0 aliphatic rings. The van der Waals surface area contributed by atoms with E-state index in [0.717, 1.165) is 34.5 Å². The van der Waals surface area contributed by atoms with Gasteiger partial charge in [-0.15, -0.1) is 20.4 Å². The Hall–Kier alpha value is -2.36. The molecule has 0 unspecified atom stereocenters. The van der Waals surface area contributed by atoms with E-state index < -0.39 is 0 Å². The summed E-state index contributed by atoms with van der Waals surface area (Å²) in [6, 6.07) is 8.16. The van der Waals surface area contributed by atoms with Crippen LogP contribution in [0.2, 0.25) is 0 Å². The highest BCUT2D eigenvalue weighted by Gasteiger charge is 2.14. The van der Waals surface area contributed by atoms with Crippen LogP contribution in [-0.2, 0) is 12.8 Å². The largest absolute Gasteiger partial charge is 0.327 e. The van der Waals surface area contributed by atoms with E-state index in [9.17, 15) is 0 Å². The molecule has 0 aliphatic heterocycles. The van der Waals surface area contributed by atoms with Gasteiger partial charge in [0.05, 0.1) is 0 Å². The maximum atomic E-state index is 6.41. The number of rotatable bonds is 6. The van der Waals surface area contributed by atoms with Gasteiger partial charge in [0.1, 0.15) is 11.0 Å². The molecule has 0 atom stereocenters. The summed E-state index contributed by atoms with van der Waals surface area (Å²) in [6.07, 6.45) is 5.50. The zero-order chi connectivity index (χ0) is 16.4. The zero-order valence-electron chi connectivity index (χ0n) is 12.7. The highest BCUT2D eigenvalue weighted by Crippen LogP contribution is 2.18. The second-order valence-corrected chi connectivity index (χ2v) is 6.97. The Labute approximate surface area is 146 Å². The van der Waals surface area contributed by atoms with Crippen LogP contribution in [0.3, 0.4) is 0 Å². The van der Waals surface area contributed by atoms with Crippen molar-refractivity contribution >= 4 is 22.7 Å². The first-order valence-electron chi connectivity index (χ1n) is 7.42. The smallest absolute Gasteiger partial charge is 0.216 e. The lowest BCUT2D eigenvalue weighted by atomic mass is 10.1. The fourth-order valence-electron chi connectivity index (χ4n) is 2.69. The molecule has 4 aromatic heterocycles. The molecule has 4 rings (SSSR count). The third kappa shape index (κ3) is 3.01. The molecule has 2 N–H and O–H groups in total. The first-order valence-corrected chi connectivity index (χ1v) is 9.18. The van der Waals surface area contributed by atoms with Crippen LogP contribution in [-0.4, -0.2) is 35.6 Å². The van der Waals surface area contributed by atoms with Crippen molar-refractivity contribution in [1.82, 2.24) is 29.5 Å². The molecule has 9 heteroatoms. The summed E-state index contributed by atoms with van der Waals surface area (Å²) in [5, 5.41) is 17.8. The lowest BCUT2D eigenvalue weighted by Gasteiger charge is -2.14. The first-order chi connectivity index (χ1) is 11.8. The van der Waals surface area contributed by atoms with E-state index in [1.54, 1.807) is 11.0 Å². The van der Waals surface area contributed by atoms with Gasteiger partial charge in [-0.25, -0.2) is 0 Å². The first kappa shape index (κ1) is 15.2. The summed E-state index contributed by atoms with van der Waals surface area (Å²) < 4.78 is 4.09. The van der Waals surface area contributed by atoms with E-state index in [0.29, 0.717) is 0 Å². The molecule has 0 saturated heterocycles. The van der Waals surface area contributed by atoms with E-state index in [1.807, 2.05) is 33.7 Å². The summed E-state index contributed by atoms with van der Waals surface area (Å²) in [5.41, 5.74) is 12.1. The molecule has 0 fully saturated rings. The Morgan fingerprint density at radius 1 is 0.875 bits per heavy atom. The van der Waals surface area contributed by atoms with Crippen LogP contribution in [0.25, 0.3) is 10.3 Å². The van der Waals surface area contributed by atoms with Crippen LogP contribution < -0.4 is 5.73 Å². The van der Waals surface area contributed by atoms with Crippen LogP contribution in [0.4, 0.5) is 0 Å². The quantitative estimate of drug-likeness (QED) is 0.571. The Balaban J connectivity index is 1.50. The monoisotopic (exact) mass is 357 g/mol. The van der Waals surface area contributed by atoms with Gasteiger partial charge in [-0.1, -0.05) is 22.7 Å². The highest BCUT2D eigenvalue weighted by atomic mass is 32.1. The van der Waals surface area contributed by atoms with E-state index in [-0.39, 0.29) is 6.04 Å². The number of hydrogen-bond acceptors (Lipinski definition) is 7. The minimum absolute atomic E-state index is 0.00635. The Morgan fingerprint density at radius 2 is 1.38 bits per heavy atom. The molecule has 7 nitrogen and oxygen atoms in total. The lowest BCUT2D eigenvalue weighted by molar-refractivity contribution is 0.629. The average Bonchev–Trinajstić information content (AvgIpc) is 3.35. The predicted molar refractivity (Wildman–Crippen MR) is 93.9 cm³/mol. The molecule has 4 aromatic rings. The highest BCUT2D eigenvalue weighted by molar-refractivity contribution is 7.12. The van der Waals surface area contributed by atoms with Gasteiger partial charge >= 0.3 is 0 Å². The van der Waals surface area contributed by atoms with Gasteiger partial charge < -0.3 is 5.73 Å². The van der Waals surface area contributed by atoms with Crippen molar-refractivity contribution < 1.29 is 0 Å². The summed E-state index contributed by atoms with van der Waals surface area (Å²) in [7, 11) is 0. The second-order valence-electron chi connectivity index (χ2n) is 5.35.